The summed E-state index contributed by atoms with van der Waals surface area (Å²) >= 11 is 0. The summed E-state index contributed by atoms with van der Waals surface area (Å²) in [5.74, 6) is 1.28. The number of halogens is 1. The second-order valence-electron chi connectivity index (χ2n) is 4.88. The molecule has 2 aromatic rings. The van der Waals surface area contributed by atoms with Gasteiger partial charge in [0.2, 0.25) is 0 Å². The number of pyridine rings is 1. The predicted octanol–water partition coefficient (Wildman–Crippen LogP) is 2.67. The van der Waals surface area contributed by atoms with Crippen LogP contribution in [0.25, 0.3) is 0 Å². The van der Waals surface area contributed by atoms with Crippen molar-refractivity contribution in [3.05, 3.63) is 53.9 Å². The lowest BCUT2D eigenvalue weighted by molar-refractivity contribution is 0.373. The van der Waals surface area contributed by atoms with E-state index in [0.29, 0.717) is 24.8 Å². The predicted molar refractivity (Wildman–Crippen MR) is 106 cm³/mol. The Labute approximate surface area is 159 Å². The van der Waals surface area contributed by atoms with Crippen molar-refractivity contribution in [1.82, 2.24) is 15.6 Å². The number of hydrogen-bond donors (Lipinski definition) is 3. The molecule has 1 heterocycles. The second-order valence-corrected chi connectivity index (χ2v) is 4.88. The molecule has 0 fully saturated rings. The van der Waals surface area contributed by atoms with E-state index in [-0.39, 0.29) is 29.7 Å². The summed E-state index contributed by atoms with van der Waals surface area (Å²) in [5.41, 5.74) is 1.85. The van der Waals surface area contributed by atoms with Crippen LogP contribution in [0.3, 0.4) is 0 Å². The molecule has 1 aromatic carbocycles. The molecule has 0 aliphatic rings. The summed E-state index contributed by atoms with van der Waals surface area (Å²) in [7, 11) is 1.53. The van der Waals surface area contributed by atoms with Crippen LogP contribution in [0.5, 0.6) is 11.5 Å². The number of nitrogens with zero attached hydrogens (tertiary/aromatic N) is 2. The number of aromatic nitrogens is 1. The Balaban J connectivity index is 0.00000288. The lowest BCUT2D eigenvalue weighted by atomic mass is 10.2. The monoisotopic (exact) mass is 442 g/mol. The molecule has 0 spiro atoms. The standard InChI is InChI=1S/C17H22N4O2.HI/c1-3-18-17(21-12-14-6-4-5-9-19-14)20-11-13-7-8-16(23-2)15(22)10-13;/h4-10,22H,3,11-12H2,1-2H3,(H2,18,20,21);1H. The molecule has 0 saturated carbocycles. The molecule has 1 aromatic heterocycles. The highest BCUT2D eigenvalue weighted by molar-refractivity contribution is 14.0. The van der Waals surface area contributed by atoms with Crippen molar-refractivity contribution in [2.75, 3.05) is 13.7 Å². The molecule has 0 radical (unpaired) electrons. The average Bonchev–Trinajstić information content (AvgIpc) is 2.58. The molecular formula is C17H23IN4O2. The minimum Gasteiger partial charge on any atom is -0.504 e. The van der Waals surface area contributed by atoms with Gasteiger partial charge in [-0.3, -0.25) is 4.98 Å². The van der Waals surface area contributed by atoms with E-state index in [0.717, 1.165) is 17.8 Å². The Morgan fingerprint density at radius 2 is 2.08 bits per heavy atom. The van der Waals surface area contributed by atoms with Crippen LogP contribution in [0.4, 0.5) is 0 Å². The molecule has 7 heteroatoms. The molecule has 24 heavy (non-hydrogen) atoms. The number of rotatable bonds is 6. The van der Waals surface area contributed by atoms with E-state index in [1.165, 1.54) is 7.11 Å². The third-order valence-electron chi connectivity index (χ3n) is 3.17. The van der Waals surface area contributed by atoms with E-state index in [1.807, 2.05) is 31.2 Å². The van der Waals surface area contributed by atoms with Gasteiger partial charge in [-0.1, -0.05) is 12.1 Å². The molecule has 0 aliphatic heterocycles. The maximum Gasteiger partial charge on any atom is 0.191 e. The minimum absolute atomic E-state index is 0. The van der Waals surface area contributed by atoms with E-state index in [9.17, 15) is 5.11 Å². The molecule has 3 N–H and O–H groups in total. The molecule has 0 unspecified atom stereocenters. The van der Waals surface area contributed by atoms with Gasteiger partial charge in [-0.15, -0.1) is 24.0 Å². The lowest BCUT2D eigenvalue weighted by Crippen LogP contribution is -2.36. The number of nitrogens with one attached hydrogen (secondary N) is 2. The summed E-state index contributed by atoms with van der Waals surface area (Å²) in [6.07, 6.45) is 1.77. The molecule has 2 rings (SSSR count). The van der Waals surface area contributed by atoms with Gasteiger partial charge >= 0.3 is 0 Å². The first-order chi connectivity index (χ1) is 11.2. The van der Waals surface area contributed by atoms with Gasteiger partial charge in [0.1, 0.15) is 0 Å². The van der Waals surface area contributed by atoms with E-state index in [4.69, 9.17) is 4.74 Å². The fraction of sp³-hybridized carbons (Fsp3) is 0.294. The van der Waals surface area contributed by atoms with Gasteiger partial charge < -0.3 is 20.5 Å². The van der Waals surface area contributed by atoms with Crippen LogP contribution in [0.2, 0.25) is 0 Å². The van der Waals surface area contributed by atoms with E-state index in [1.54, 1.807) is 18.3 Å². The number of ether oxygens (including phenoxy) is 1. The highest BCUT2D eigenvalue weighted by Gasteiger charge is 2.03. The maximum atomic E-state index is 9.80. The van der Waals surface area contributed by atoms with Crippen LogP contribution >= 0.6 is 24.0 Å². The van der Waals surface area contributed by atoms with Crippen molar-refractivity contribution >= 4 is 29.9 Å². The summed E-state index contributed by atoms with van der Waals surface area (Å²) < 4.78 is 5.03. The zero-order valence-electron chi connectivity index (χ0n) is 13.8. The van der Waals surface area contributed by atoms with Crippen LogP contribution < -0.4 is 15.4 Å². The van der Waals surface area contributed by atoms with Gasteiger partial charge in [0, 0.05) is 12.7 Å². The highest BCUT2D eigenvalue weighted by atomic mass is 127. The van der Waals surface area contributed by atoms with Gasteiger partial charge in [0.25, 0.3) is 0 Å². The quantitative estimate of drug-likeness (QED) is 0.364. The van der Waals surface area contributed by atoms with Crippen LogP contribution in [0.15, 0.2) is 47.6 Å². The summed E-state index contributed by atoms with van der Waals surface area (Å²) in [6, 6.07) is 11.1. The fourth-order valence-electron chi connectivity index (χ4n) is 2.02. The first-order valence-corrected chi connectivity index (χ1v) is 7.51. The number of methoxy groups -OCH3 is 1. The Kier molecular flexibility index (Phi) is 8.92. The van der Waals surface area contributed by atoms with Crippen LogP contribution in [0, 0.1) is 0 Å². The van der Waals surface area contributed by atoms with Crippen molar-refractivity contribution in [2.45, 2.75) is 20.0 Å². The Morgan fingerprint density at radius 1 is 1.25 bits per heavy atom. The second kappa shape index (κ2) is 10.7. The number of aromatic hydroxyl groups is 1. The topological polar surface area (TPSA) is 78.8 Å². The maximum absolute atomic E-state index is 9.80. The summed E-state index contributed by atoms with van der Waals surface area (Å²) in [4.78, 5) is 8.78. The third-order valence-corrected chi connectivity index (χ3v) is 3.17. The van der Waals surface area contributed by atoms with E-state index < -0.39 is 0 Å². The molecular weight excluding hydrogens is 419 g/mol. The number of phenolic OH excluding ortho intramolecular Hbond substituents is 1. The number of aliphatic imine (C=N–C) groups is 1. The number of benzene rings is 1. The van der Waals surface area contributed by atoms with Gasteiger partial charge in [0.05, 0.1) is 25.9 Å². The molecule has 0 saturated heterocycles. The fourth-order valence-corrected chi connectivity index (χ4v) is 2.02. The molecule has 0 atom stereocenters. The molecule has 6 nitrogen and oxygen atoms in total. The minimum atomic E-state index is 0. The van der Waals surface area contributed by atoms with Gasteiger partial charge in [0.15, 0.2) is 17.5 Å². The van der Waals surface area contributed by atoms with Gasteiger partial charge in [-0.05, 0) is 36.8 Å². The first-order valence-electron chi connectivity index (χ1n) is 7.51. The van der Waals surface area contributed by atoms with Crippen molar-refractivity contribution in [1.29, 1.82) is 0 Å². The van der Waals surface area contributed by atoms with Crippen LogP contribution in [-0.4, -0.2) is 29.7 Å². The van der Waals surface area contributed by atoms with Crippen molar-refractivity contribution < 1.29 is 9.84 Å². The summed E-state index contributed by atoms with van der Waals surface area (Å²) in [6.45, 7) is 3.83. The Bertz CT molecular complexity index is 650. The highest BCUT2D eigenvalue weighted by Crippen LogP contribution is 2.26. The lowest BCUT2D eigenvalue weighted by Gasteiger charge is -2.11. The Morgan fingerprint density at radius 3 is 2.71 bits per heavy atom. The van der Waals surface area contributed by atoms with Gasteiger partial charge in [-0.2, -0.15) is 0 Å². The Hall–Kier alpha value is -2.03. The van der Waals surface area contributed by atoms with Crippen molar-refractivity contribution in [2.24, 2.45) is 4.99 Å². The zero-order chi connectivity index (χ0) is 16.5. The van der Waals surface area contributed by atoms with Crippen LogP contribution in [-0.2, 0) is 13.1 Å². The van der Waals surface area contributed by atoms with Crippen molar-refractivity contribution in [3.8, 4) is 11.5 Å². The number of hydrogen-bond acceptors (Lipinski definition) is 4. The normalized spacial score (nSPS) is 10.7. The summed E-state index contributed by atoms with van der Waals surface area (Å²) in [5, 5.41) is 16.2. The largest absolute Gasteiger partial charge is 0.504 e. The molecule has 130 valence electrons. The van der Waals surface area contributed by atoms with E-state index >= 15 is 0 Å². The number of guanidine groups is 1. The van der Waals surface area contributed by atoms with E-state index in [2.05, 4.69) is 20.6 Å². The van der Waals surface area contributed by atoms with Crippen molar-refractivity contribution in [3.63, 3.8) is 0 Å². The molecule has 0 amide bonds. The number of phenols is 1. The third kappa shape index (κ3) is 6.23. The molecule has 0 bridgehead atoms. The SMILES string of the molecule is CCNC(=NCc1ccc(OC)c(O)c1)NCc1ccccn1.I. The zero-order valence-corrected chi connectivity index (χ0v) is 16.2. The molecule has 0 aliphatic carbocycles. The first kappa shape index (κ1) is 20.0. The van der Waals surface area contributed by atoms with Gasteiger partial charge in [-0.25, -0.2) is 4.99 Å². The average molecular weight is 442 g/mol. The smallest absolute Gasteiger partial charge is 0.191 e. The van der Waals surface area contributed by atoms with Crippen LogP contribution in [0.1, 0.15) is 18.2 Å².